The summed E-state index contributed by atoms with van der Waals surface area (Å²) in [4.78, 5) is 0. The van der Waals surface area contributed by atoms with Crippen LogP contribution in [0.3, 0.4) is 0 Å². The molecule has 1 aliphatic rings. The molecule has 3 nitrogen and oxygen atoms in total. The third-order valence-electron chi connectivity index (χ3n) is 3.46. The maximum absolute atomic E-state index is 9.60. The van der Waals surface area contributed by atoms with Crippen molar-refractivity contribution in [1.82, 2.24) is 5.32 Å². The van der Waals surface area contributed by atoms with Gasteiger partial charge in [0, 0.05) is 22.6 Å². The molecule has 1 aliphatic carbocycles. The highest BCUT2D eigenvalue weighted by Gasteiger charge is 2.22. The molecule has 2 atom stereocenters. The number of aliphatic hydroxyl groups excluding tert-OH is 1. The summed E-state index contributed by atoms with van der Waals surface area (Å²) in [5.41, 5.74) is 2.24. The van der Waals surface area contributed by atoms with Crippen LogP contribution in [0.15, 0.2) is 16.6 Å². The molecule has 1 saturated carbocycles. The van der Waals surface area contributed by atoms with E-state index < -0.39 is 6.10 Å². The first-order valence-electron chi connectivity index (χ1n) is 6.84. The highest BCUT2D eigenvalue weighted by atomic mass is 79.9. The van der Waals surface area contributed by atoms with Crippen LogP contribution in [-0.4, -0.2) is 23.4 Å². The number of hydrogen-bond acceptors (Lipinski definition) is 3. The molecule has 106 valence electrons. The SMILES string of the molecule is Cc1cc(Br)cc(CNC2CC2)c1OC(C)C(C)O. The largest absolute Gasteiger partial charge is 0.487 e. The summed E-state index contributed by atoms with van der Waals surface area (Å²) in [7, 11) is 0. The van der Waals surface area contributed by atoms with Gasteiger partial charge < -0.3 is 15.2 Å². The van der Waals surface area contributed by atoms with Crippen molar-refractivity contribution in [1.29, 1.82) is 0 Å². The average molecular weight is 328 g/mol. The molecule has 4 heteroatoms. The van der Waals surface area contributed by atoms with Crippen molar-refractivity contribution in [2.75, 3.05) is 0 Å². The van der Waals surface area contributed by atoms with E-state index in [9.17, 15) is 5.11 Å². The lowest BCUT2D eigenvalue weighted by Crippen LogP contribution is -2.27. The zero-order valence-electron chi connectivity index (χ0n) is 11.7. The van der Waals surface area contributed by atoms with E-state index in [1.807, 2.05) is 19.9 Å². The van der Waals surface area contributed by atoms with E-state index in [0.29, 0.717) is 6.04 Å². The number of benzene rings is 1. The van der Waals surface area contributed by atoms with Gasteiger partial charge in [-0.2, -0.15) is 0 Å². The van der Waals surface area contributed by atoms with Crippen LogP contribution in [0.1, 0.15) is 37.8 Å². The first-order chi connectivity index (χ1) is 8.97. The summed E-state index contributed by atoms with van der Waals surface area (Å²) >= 11 is 3.53. The molecule has 0 aliphatic heterocycles. The van der Waals surface area contributed by atoms with Gasteiger partial charge in [-0.25, -0.2) is 0 Å². The Morgan fingerprint density at radius 1 is 1.42 bits per heavy atom. The molecule has 0 radical (unpaired) electrons. The van der Waals surface area contributed by atoms with Crippen molar-refractivity contribution in [3.63, 3.8) is 0 Å². The third kappa shape index (κ3) is 4.20. The molecule has 0 aromatic heterocycles. The minimum atomic E-state index is -0.479. The molecule has 1 aromatic rings. The van der Waals surface area contributed by atoms with Gasteiger partial charge >= 0.3 is 0 Å². The molecule has 0 spiro atoms. The Morgan fingerprint density at radius 2 is 2.11 bits per heavy atom. The smallest absolute Gasteiger partial charge is 0.127 e. The monoisotopic (exact) mass is 327 g/mol. The summed E-state index contributed by atoms with van der Waals surface area (Å²) in [6.45, 7) is 6.49. The standard InChI is InChI=1S/C15H22BrNO2/c1-9-6-13(16)7-12(8-17-14-4-5-14)15(9)19-11(3)10(2)18/h6-7,10-11,14,17-18H,4-5,8H2,1-3H3. The molecule has 0 amide bonds. The Labute approximate surface area is 123 Å². The average Bonchev–Trinajstić information content (AvgIpc) is 3.13. The second-order valence-electron chi connectivity index (χ2n) is 5.43. The maximum atomic E-state index is 9.60. The van der Waals surface area contributed by atoms with Gasteiger partial charge in [-0.15, -0.1) is 0 Å². The summed E-state index contributed by atoms with van der Waals surface area (Å²) < 4.78 is 7.00. The lowest BCUT2D eigenvalue weighted by molar-refractivity contribution is 0.0593. The Balaban J connectivity index is 2.17. The second-order valence-corrected chi connectivity index (χ2v) is 6.35. The van der Waals surface area contributed by atoms with Crippen LogP contribution in [0.25, 0.3) is 0 Å². The fraction of sp³-hybridized carbons (Fsp3) is 0.600. The van der Waals surface area contributed by atoms with E-state index >= 15 is 0 Å². The van der Waals surface area contributed by atoms with Crippen LogP contribution in [0.2, 0.25) is 0 Å². The van der Waals surface area contributed by atoms with Crippen LogP contribution >= 0.6 is 15.9 Å². The fourth-order valence-corrected chi connectivity index (χ4v) is 2.55. The van der Waals surface area contributed by atoms with Gasteiger partial charge in [-0.05, 0) is 51.3 Å². The Hall–Kier alpha value is -0.580. The van der Waals surface area contributed by atoms with E-state index in [2.05, 4.69) is 27.3 Å². The highest BCUT2D eigenvalue weighted by molar-refractivity contribution is 9.10. The van der Waals surface area contributed by atoms with Gasteiger partial charge in [-0.3, -0.25) is 0 Å². The van der Waals surface area contributed by atoms with Crippen LogP contribution in [-0.2, 0) is 6.54 Å². The van der Waals surface area contributed by atoms with Crippen LogP contribution in [0.4, 0.5) is 0 Å². The maximum Gasteiger partial charge on any atom is 0.127 e. The Kier molecular flexibility index (Phi) is 4.87. The third-order valence-corrected chi connectivity index (χ3v) is 3.92. The zero-order chi connectivity index (χ0) is 14.0. The van der Waals surface area contributed by atoms with E-state index in [1.54, 1.807) is 6.92 Å². The number of hydrogen-bond donors (Lipinski definition) is 2. The quantitative estimate of drug-likeness (QED) is 0.843. The minimum absolute atomic E-state index is 0.209. The molecular weight excluding hydrogens is 306 g/mol. The van der Waals surface area contributed by atoms with E-state index in [-0.39, 0.29) is 6.10 Å². The van der Waals surface area contributed by atoms with Crippen molar-refractivity contribution >= 4 is 15.9 Å². The van der Waals surface area contributed by atoms with Crippen LogP contribution in [0, 0.1) is 6.92 Å². The molecule has 2 unspecified atom stereocenters. The van der Waals surface area contributed by atoms with Gasteiger partial charge in [0.25, 0.3) is 0 Å². The summed E-state index contributed by atoms with van der Waals surface area (Å²) in [6.07, 6.45) is 1.85. The first kappa shape index (κ1) is 14.8. The van der Waals surface area contributed by atoms with Gasteiger partial charge in [0.05, 0.1) is 6.10 Å². The van der Waals surface area contributed by atoms with Gasteiger partial charge in [0.15, 0.2) is 0 Å². The molecule has 2 rings (SSSR count). The fourth-order valence-electron chi connectivity index (χ4n) is 1.93. The lowest BCUT2D eigenvalue weighted by Gasteiger charge is -2.22. The van der Waals surface area contributed by atoms with E-state index in [1.165, 1.54) is 12.8 Å². The number of nitrogens with one attached hydrogen (secondary N) is 1. The molecule has 0 heterocycles. The minimum Gasteiger partial charge on any atom is -0.487 e. The van der Waals surface area contributed by atoms with Crippen LogP contribution < -0.4 is 10.1 Å². The molecule has 19 heavy (non-hydrogen) atoms. The molecule has 1 fully saturated rings. The Bertz CT molecular complexity index is 444. The summed E-state index contributed by atoms with van der Waals surface area (Å²) in [5, 5.41) is 13.1. The second kappa shape index (κ2) is 6.25. The number of rotatable bonds is 6. The number of halogens is 1. The van der Waals surface area contributed by atoms with Crippen molar-refractivity contribution in [3.8, 4) is 5.75 Å². The number of aliphatic hydroxyl groups is 1. The molecule has 1 aromatic carbocycles. The normalized spacial score (nSPS) is 18.2. The number of ether oxygens (including phenoxy) is 1. The van der Waals surface area contributed by atoms with Crippen LogP contribution in [0.5, 0.6) is 5.75 Å². The predicted octanol–water partition coefficient (Wildman–Crippen LogP) is 3.16. The summed E-state index contributed by atoms with van der Waals surface area (Å²) in [5.74, 6) is 0.893. The lowest BCUT2D eigenvalue weighted by atomic mass is 10.1. The predicted molar refractivity (Wildman–Crippen MR) is 80.5 cm³/mol. The molecule has 2 N–H and O–H groups in total. The highest BCUT2D eigenvalue weighted by Crippen LogP contribution is 2.30. The van der Waals surface area contributed by atoms with Crippen molar-refractivity contribution in [2.45, 2.75) is 58.4 Å². The van der Waals surface area contributed by atoms with Gasteiger partial charge in [-0.1, -0.05) is 15.9 Å². The molecule has 0 saturated heterocycles. The van der Waals surface area contributed by atoms with E-state index in [4.69, 9.17) is 4.74 Å². The number of aryl methyl sites for hydroxylation is 1. The Morgan fingerprint density at radius 3 is 2.68 bits per heavy atom. The summed E-state index contributed by atoms with van der Waals surface area (Å²) in [6, 6.07) is 4.80. The van der Waals surface area contributed by atoms with Crippen molar-refractivity contribution in [2.24, 2.45) is 0 Å². The molecule has 0 bridgehead atoms. The van der Waals surface area contributed by atoms with Gasteiger partial charge in [0.1, 0.15) is 11.9 Å². The van der Waals surface area contributed by atoms with E-state index in [0.717, 1.165) is 27.9 Å². The van der Waals surface area contributed by atoms with Crippen molar-refractivity contribution in [3.05, 3.63) is 27.7 Å². The van der Waals surface area contributed by atoms with Crippen molar-refractivity contribution < 1.29 is 9.84 Å². The zero-order valence-corrected chi connectivity index (χ0v) is 13.3. The molecular formula is C15H22BrNO2. The first-order valence-corrected chi connectivity index (χ1v) is 7.64. The topological polar surface area (TPSA) is 41.5 Å². The van der Waals surface area contributed by atoms with Gasteiger partial charge in [0.2, 0.25) is 0 Å².